The van der Waals surface area contributed by atoms with E-state index in [9.17, 15) is 26.4 Å². The molecule has 0 aromatic heterocycles. The topological polar surface area (TPSA) is 168 Å². The van der Waals surface area contributed by atoms with Crippen molar-refractivity contribution in [1.29, 1.82) is 5.26 Å². The lowest BCUT2D eigenvalue weighted by Gasteiger charge is -2.35. The number of sulfonamides is 1. The molecule has 3 aromatic rings. The van der Waals surface area contributed by atoms with Gasteiger partial charge in [0.15, 0.2) is 6.10 Å². The highest BCUT2D eigenvalue weighted by atomic mass is 32.2. The van der Waals surface area contributed by atoms with Crippen molar-refractivity contribution in [3.63, 3.8) is 0 Å². The number of piperazine rings is 1. The minimum Gasteiger partial charge on any atom is -0.366 e. The van der Waals surface area contributed by atoms with Gasteiger partial charge in [0.2, 0.25) is 10.0 Å². The van der Waals surface area contributed by atoms with Crippen LogP contribution in [0.25, 0.3) is 10.8 Å². The van der Waals surface area contributed by atoms with Crippen molar-refractivity contribution >= 4 is 42.7 Å². The normalized spacial score (nSPS) is 15.5. The van der Waals surface area contributed by atoms with Crippen molar-refractivity contribution in [2.75, 3.05) is 32.4 Å². The Labute approximate surface area is 226 Å². The van der Waals surface area contributed by atoms with E-state index in [-0.39, 0.29) is 38.2 Å². The molecule has 0 aliphatic carbocycles. The number of carbonyl (C=O) groups excluding carboxylic acids is 2. The van der Waals surface area contributed by atoms with Crippen LogP contribution in [0, 0.1) is 11.3 Å². The summed E-state index contributed by atoms with van der Waals surface area (Å²) in [6, 6.07) is 17.6. The molecule has 3 aromatic carbocycles. The molecular formula is C26H26N4O7S2. The van der Waals surface area contributed by atoms with Crippen molar-refractivity contribution < 1.29 is 30.6 Å². The molecule has 1 atom stereocenters. The summed E-state index contributed by atoms with van der Waals surface area (Å²) in [7, 11) is -8.13. The molecule has 4 rings (SSSR count). The van der Waals surface area contributed by atoms with E-state index in [2.05, 4.69) is 0 Å². The van der Waals surface area contributed by atoms with E-state index in [1.807, 2.05) is 6.07 Å². The van der Waals surface area contributed by atoms with E-state index in [0.717, 1.165) is 6.26 Å². The van der Waals surface area contributed by atoms with Crippen LogP contribution in [0.15, 0.2) is 65.6 Å². The van der Waals surface area contributed by atoms with Crippen LogP contribution in [0.1, 0.15) is 21.5 Å². The third kappa shape index (κ3) is 6.26. The van der Waals surface area contributed by atoms with E-state index in [4.69, 9.17) is 15.2 Å². The Kier molecular flexibility index (Phi) is 8.03. The molecule has 0 spiro atoms. The van der Waals surface area contributed by atoms with Crippen molar-refractivity contribution in [2.45, 2.75) is 17.4 Å². The molecular weight excluding hydrogens is 544 g/mol. The van der Waals surface area contributed by atoms with Gasteiger partial charge < -0.3 is 10.6 Å². The molecule has 13 heteroatoms. The summed E-state index contributed by atoms with van der Waals surface area (Å²) in [6.45, 7) is 0.193. The molecule has 0 bridgehead atoms. The first-order chi connectivity index (χ1) is 18.4. The number of benzene rings is 3. The zero-order valence-electron chi connectivity index (χ0n) is 21.0. The number of carbonyl (C=O) groups is 2. The Hall–Kier alpha value is -3.83. The van der Waals surface area contributed by atoms with Crippen molar-refractivity contribution in [2.24, 2.45) is 5.73 Å². The molecule has 1 unspecified atom stereocenters. The van der Waals surface area contributed by atoms with Crippen LogP contribution in [0.4, 0.5) is 0 Å². The highest BCUT2D eigenvalue weighted by molar-refractivity contribution is 7.88. The van der Waals surface area contributed by atoms with Gasteiger partial charge in [0.05, 0.1) is 23.5 Å². The first kappa shape index (κ1) is 28.2. The zero-order chi connectivity index (χ0) is 28.4. The number of nitrogens with zero attached hydrogens (tertiary/aromatic N) is 3. The lowest BCUT2D eigenvalue weighted by atomic mass is 10.0. The molecule has 39 heavy (non-hydrogen) atoms. The maximum Gasteiger partial charge on any atom is 0.298 e. The van der Waals surface area contributed by atoms with Crippen molar-refractivity contribution in [3.05, 3.63) is 77.4 Å². The Bertz CT molecular complexity index is 1670. The monoisotopic (exact) mass is 570 g/mol. The van der Waals surface area contributed by atoms with Crippen LogP contribution in [0.2, 0.25) is 0 Å². The van der Waals surface area contributed by atoms with Gasteiger partial charge in [-0.15, -0.1) is 0 Å². The lowest BCUT2D eigenvalue weighted by Crippen LogP contribution is -2.53. The minimum absolute atomic E-state index is 0.0433. The predicted molar refractivity (Wildman–Crippen MR) is 142 cm³/mol. The van der Waals surface area contributed by atoms with Gasteiger partial charge in [-0.1, -0.05) is 42.5 Å². The molecule has 11 nitrogen and oxygen atoms in total. The first-order valence-corrected chi connectivity index (χ1v) is 15.1. The quantitative estimate of drug-likeness (QED) is 0.395. The van der Waals surface area contributed by atoms with E-state index in [1.54, 1.807) is 36.4 Å². The summed E-state index contributed by atoms with van der Waals surface area (Å²) in [5.41, 5.74) is 6.24. The minimum atomic E-state index is -4.68. The Morgan fingerprint density at radius 1 is 0.974 bits per heavy atom. The first-order valence-electron chi connectivity index (χ1n) is 11.9. The Morgan fingerprint density at radius 2 is 1.62 bits per heavy atom. The summed E-state index contributed by atoms with van der Waals surface area (Å²) < 4.78 is 57.6. The molecule has 1 saturated heterocycles. The molecule has 1 heterocycles. The number of primary amides is 1. The van der Waals surface area contributed by atoms with E-state index in [0.29, 0.717) is 21.9 Å². The van der Waals surface area contributed by atoms with Gasteiger partial charge in [0, 0.05) is 32.6 Å². The van der Waals surface area contributed by atoms with Crippen LogP contribution in [-0.4, -0.2) is 76.4 Å². The number of hydrogen-bond donors (Lipinski definition) is 1. The Balaban J connectivity index is 1.69. The second-order valence-corrected chi connectivity index (χ2v) is 12.6. The zero-order valence-corrected chi connectivity index (χ0v) is 22.6. The maximum absolute atomic E-state index is 13.5. The molecule has 204 valence electrons. The number of nitrogens with two attached hydrogens (primary N) is 1. The summed E-state index contributed by atoms with van der Waals surface area (Å²) in [5, 5.41) is 9.99. The number of amides is 2. The van der Waals surface area contributed by atoms with E-state index in [1.165, 1.54) is 33.5 Å². The largest absolute Gasteiger partial charge is 0.366 e. The van der Waals surface area contributed by atoms with Gasteiger partial charge in [0.25, 0.3) is 21.9 Å². The molecule has 1 aliphatic heterocycles. The van der Waals surface area contributed by atoms with Gasteiger partial charge >= 0.3 is 0 Å². The second-order valence-electron chi connectivity index (χ2n) is 9.06. The molecule has 2 amide bonds. The molecule has 0 saturated carbocycles. The van der Waals surface area contributed by atoms with E-state index >= 15 is 0 Å². The number of hydrogen-bond acceptors (Lipinski definition) is 8. The smallest absolute Gasteiger partial charge is 0.298 e. The maximum atomic E-state index is 13.5. The standard InChI is InChI=1S/C26H26N4O7S2/c1-38(33,34)30-14-12-29(13-15-30)26(32)22(16-18-6-8-19(17-27)9-7-18)37-39(35,36)23-11-10-20-4-2-3-5-21(20)24(23)25(28)31/h2-11,22H,12-16H2,1H3,(H2,28,31). The second kappa shape index (κ2) is 11.1. The van der Waals surface area contributed by atoms with Crippen LogP contribution in [-0.2, 0) is 35.5 Å². The number of nitriles is 1. The summed E-state index contributed by atoms with van der Waals surface area (Å²) in [4.78, 5) is 26.8. The third-order valence-electron chi connectivity index (χ3n) is 6.45. The van der Waals surface area contributed by atoms with Crippen molar-refractivity contribution in [1.82, 2.24) is 9.21 Å². The molecule has 2 N–H and O–H groups in total. The fourth-order valence-corrected chi connectivity index (χ4v) is 6.54. The predicted octanol–water partition coefficient (Wildman–Crippen LogP) is 1.23. The fourth-order valence-electron chi connectivity index (χ4n) is 4.45. The van der Waals surface area contributed by atoms with Crippen LogP contribution in [0.5, 0.6) is 0 Å². The third-order valence-corrected chi connectivity index (χ3v) is 9.12. The summed E-state index contributed by atoms with van der Waals surface area (Å²) in [6.07, 6.45) is -0.608. The van der Waals surface area contributed by atoms with E-state index < -0.39 is 43.0 Å². The van der Waals surface area contributed by atoms with Crippen LogP contribution in [0.3, 0.4) is 0 Å². The fraction of sp³-hybridized carbons (Fsp3) is 0.269. The summed E-state index contributed by atoms with van der Waals surface area (Å²) >= 11 is 0. The van der Waals surface area contributed by atoms with Gasteiger partial charge in [-0.25, -0.2) is 8.42 Å². The highest BCUT2D eigenvalue weighted by Crippen LogP contribution is 2.28. The SMILES string of the molecule is CS(=O)(=O)N1CCN(C(=O)C(Cc2ccc(C#N)cc2)OS(=O)(=O)c2ccc3ccccc3c2C(N)=O)CC1. The average Bonchev–Trinajstić information content (AvgIpc) is 2.91. The number of rotatable bonds is 8. The molecule has 1 fully saturated rings. The summed E-state index contributed by atoms with van der Waals surface area (Å²) in [5.74, 6) is -1.63. The van der Waals surface area contributed by atoms with Gasteiger partial charge in [-0.3, -0.25) is 13.8 Å². The van der Waals surface area contributed by atoms with Crippen molar-refractivity contribution in [3.8, 4) is 6.07 Å². The van der Waals surface area contributed by atoms with Gasteiger partial charge in [-0.2, -0.15) is 18.0 Å². The van der Waals surface area contributed by atoms with Gasteiger partial charge in [0.1, 0.15) is 4.90 Å². The van der Waals surface area contributed by atoms with Crippen LogP contribution < -0.4 is 5.73 Å². The number of fused-ring (bicyclic) bond motifs is 1. The van der Waals surface area contributed by atoms with Crippen LogP contribution >= 0.6 is 0 Å². The lowest BCUT2D eigenvalue weighted by molar-refractivity contribution is -0.139. The molecule has 1 aliphatic rings. The van der Waals surface area contributed by atoms with Gasteiger partial charge in [-0.05, 0) is 34.5 Å². The Morgan fingerprint density at radius 3 is 2.21 bits per heavy atom. The molecule has 0 radical (unpaired) electrons. The highest BCUT2D eigenvalue weighted by Gasteiger charge is 2.35. The average molecular weight is 571 g/mol.